The number of nitrogens with zero attached hydrogens (tertiary/aromatic N) is 4. The maximum absolute atomic E-state index is 5.45. The molecule has 0 aliphatic heterocycles. The molecule has 1 fully saturated rings. The second kappa shape index (κ2) is 6.10. The summed E-state index contributed by atoms with van der Waals surface area (Å²) in [6, 6.07) is 8.17. The summed E-state index contributed by atoms with van der Waals surface area (Å²) in [5.41, 5.74) is 4.02. The Balaban J connectivity index is 1.41. The van der Waals surface area contributed by atoms with E-state index in [0.717, 1.165) is 32.4 Å². The van der Waals surface area contributed by atoms with Crippen molar-refractivity contribution in [1.29, 1.82) is 0 Å². The zero-order valence-electron chi connectivity index (χ0n) is 14.4. The van der Waals surface area contributed by atoms with Gasteiger partial charge < -0.3 is 4.52 Å². The minimum atomic E-state index is 0.528. The van der Waals surface area contributed by atoms with E-state index in [1.165, 1.54) is 17.8 Å². The lowest BCUT2D eigenvalue weighted by Crippen LogP contribution is -1.84. The molecular formula is C19H16N4OS2. The Hall–Kier alpha value is -2.38. The predicted molar refractivity (Wildman–Crippen MR) is 103 cm³/mol. The molecule has 7 heteroatoms. The van der Waals surface area contributed by atoms with E-state index < -0.39 is 0 Å². The molecule has 130 valence electrons. The Morgan fingerprint density at radius 2 is 1.77 bits per heavy atom. The molecule has 1 aromatic carbocycles. The van der Waals surface area contributed by atoms with Gasteiger partial charge in [-0.15, -0.1) is 22.7 Å². The lowest BCUT2D eigenvalue weighted by Gasteiger charge is -1.98. The number of rotatable bonds is 4. The third-order valence-electron chi connectivity index (χ3n) is 4.41. The number of hydrogen-bond donors (Lipinski definition) is 0. The molecule has 5 rings (SSSR count). The van der Waals surface area contributed by atoms with E-state index in [-0.39, 0.29) is 0 Å². The third-order valence-corrected chi connectivity index (χ3v) is 6.48. The first-order valence-corrected chi connectivity index (χ1v) is 10.2. The lowest BCUT2D eigenvalue weighted by molar-refractivity contribution is 0.433. The van der Waals surface area contributed by atoms with Crippen LogP contribution in [0.5, 0.6) is 0 Å². The molecule has 5 nitrogen and oxygen atoms in total. The highest BCUT2D eigenvalue weighted by atomic mass is 32.1. The summed E-state index contributed by atoms with van der Waals surface area (Å²) in [4.78, 5) is 14.7. The van der Waals surface area contributed by atoms with Crippen LogP contribution in [0.25, 0.3) is 33.4 Å². The molecule has 1 aliphatic carbocycles. The van der Waals surface area contributed by atoms with Crippen LogP contribution < -0.4 is 0 Å². The van der Waals surface area contributed by atoms with Gasteiger partial charge in [0.15, 0.2) is 0 Å². The normalized spacial score (nSPS) is 14.1. The van der Waals surface area contributed by atoms with Gasteiger partial charge in [0, 0.05) is 22.4 Å². The molecule has 0 saturated heterocycles. The first-order valence-electron chi connectivity index (χ1n) is 8.52. The second-order valence-electron chi connectivity index (χ2n) is 6.49. The highest BCUT2D eigenvalue weighted by Crippen LogP contribution is 2.42. The maximum Gasteiger partial charge on any atom is 0.270 e. The standard InChI is InChI=1S/C19H16N4OS2/c1-10-16(26-11(2)20-10)18-22-17(23-24-18)13-5-3-12(4-6-13)15-9-25-19(21-15)14-7-8-14/h3-6,9,14H,7-8H2,1-2H3. The van der Waals surface area contributed by atoms with Crippen molar-refractivity contribution in [2.75, 3.05) is 0 Å². The quantitative estimate of drug-likeness (QED) is 0.469. The van der Waals surface area contributed by atoms with Crippen LogP contribution in [0.3, 0.4) is 0 Å². The lowest BCUT2D eigenvalue weighted by atomic mass is 10.1. The van der Waals surface area contributed by atoms with Crippen molar-refractivity contribution in [3.05, 3.63) is 45.4 Å². The predicted octanol–water partition coefficient (Wildman–Crippen LogP) is 5.48. The summed E-state index contributed by atoms with van der Waals surface area (Å²) in [5, 5.41) is 8.53. The summed E-state index contributed by atoms with van der Waals surface area (Å²) in [6.45, 7) is 3.94. The highest BCUT2D eigenvalue weighted by Gasteiger charge is 2.26. The van der Waals surface area contributed by atoms with Gasteiger partial charge in [0.2, 0.25) is 5.82 Å². The number of benzene rings is 1. The molecule has 0 spiro atoms. The molecule has 3 heterocycles. The van der Waals surface area contributed by atoms with Gasteiger partial charge in [0.05, 0.1) is 21.4 Å². The van der Waals surface area contributed by atoms with Crippen LogP contribution in [0.2, 0.25) is 0 Å². The third kappa shape index (κ3) is 2.87. The van der Waals surface area contributed by atoms with Crippen molar-refractivity contribution >= 4 is 22.7 Å². The van der Waals surface area contributed by atoms with Crippen LogP contribution in [0.1, 0.15) is 34.5 Å². The summed E-state index contributed by atoms with van der Waals surface area (Å²) in [6.07, 6.45) is 2.57. The van der Waals surface area contributed by atoms with Gasteiger partial charge in [-0.25, -0.2) is 9.97 Å². The topological polar surface area (TPSA) is 64.7 Å². The molecule has 0 unspecified atom stereocenters. The average molecular weight is 380 g/mol. The summed E-state index contributed by atoms with van der Waals surface area (Å²) < 4.78 is 5.45. The van der Waals surface area contributed by atoms with E-state index in [1.807, 2.05) is 26.0 Å². The minimum Gasteiger partial charge on any atom is -0.333 e. The van der Waals surface area contributed by atoms with E-state index in [2.05, 4.69) is 32.6 Å². The van der Waals surface area contributed by atoms with Crippen molar-refractivity contribution in [2.24, 2.45) is 0 Å². The van der Waals surface area contributed by atoms with Crippen LogP contribution in [0.4, 0.5) is 0 Å². The van der Waals surface area contributed by atoms with Crippen molar-refractivity contribution in [3.8, 4) is 33.4 Å². The van der Waals surface area contributed by atoms with E-state index >= 15 is 0 Å². The molecule has 3 aromatic heterocycles. The Bertz CT molecular complexity index is 1070. The van der Waals surface area contributed by atoms with Crippen LogP contribution in [0, 0.1) is 13.8 Å². The van der Waals surface area contributed by atoms with Crippen molar-refractivity contribution in [2.45, 2.75) is 32.6 Å². The summed E-state index contributed by atoms with van der Waals surface area (Å²) in [5.74, 6) is 1.82. The molecule has 4 aromatic rings. The van der Waals surface area contributed by atoms with E-state index in [0.29, 0.717) is 17.6 Å². The molecule has 0 bridgehead atoms. The van der Waals surface area contributed by atoms with Crippen LogP contribution >= 0.6 is 22.7 Å². The van der Waals surface area contributed by atoms with E-state index in [9.17, 15) is 0 Å². The highest BCUT2D eigenvalue weighted by molar-refractivity contribution is 7.15. The van der Waals surface area contributed by atoms with Crippen LogP contribution in [-0.4, -0.2) is 20.1 Å². The second-order valence-corrected chi connectivity index (χ2v) is 8.59. The number of aromatic nitrogens is 4. The first-order chi connectivity index (χ1) is 12.7. The fraction of sp³-hybridized carbons (Fsp3) is 0.263. The van der Waals surface area contributed by atoms with Crippen molar-refractivity contribution in [1.82, 2.24) is 20.1 Å². The average Bonchev–Trinajstić information content (AvgIpc) is 3.06. The smallest absolute Gasteiger partial charge is 0.270 e. The number of aryl methyl sites for hydroxylation is 2. The first kappa shape index (κ1) is 15.8. The monoisotopic (exact) mass is 380 g/mol. The number of thiazole rings is 2. The number of hydrogen-bond acceptors (Lipinski definition) is 7. The van der Waals surface area contributed by atoms with Crippen LogP contribution in [0.15, 0.2) is 34.2 Å². The molecule has 0 radical (unpaired) electrons. The molecule has 26 heavy (non-hydrogen) atoms. The van der Waals surface area contributed by atoms with Gasteiger partial charge in [-0.2, -0.15) is 4.98 Å². The van der Waals surface area contributed by atoms with Crippen molar-refractivity contribution < 1.29 is 4.52 Å². The SMILES string of the molecule is Cc1nc(C)c(-c2nc(-c3ccc(-c4csc(C5CC5)n4)cc3)no2)s1. The minimum absolute atomic E-state index is 0.528. The van der Waals surface area contributed by atoms with Gasteiger partial charge in [0.25, 0.3) is 5.89 Å². The Morgan fingerprint density at radius 3 is 2.46 bits per heavy atom. The van der Waals surface area contributed by atoms with Gasteiger partial charge in [0.1, 0.15) is 4.88 Å². The van der Waals surface area contributed by atoms with Crippen LogP contribution in [-0.2, 0) is 0 Å². The molecule has 0 atom stereocenters. The van der Waals surface area contributed by atoms with E-state index in [1.54, 1.807) is 22.7 Å². The Labute approximate surface area is 158 Å². The van der Waals surface area contributed by atoms with Gasteiger partial charge in [-0.05, 0) is 26.7 Å². The fourth-order valence-electron chi connectivity index (χ4n) is 2.89. The van der Waals surface area contributed by atoms with Crippen molar-refractivity contribution in [3.63, 3.8) is 0 Å². The molecule has 0 N–H and O–H groups in total. The van der Waals surface area contributed by atoms with Gasteiger partial charge in [-0.3, -0.25) is 0 Å². The fourth-order valence-corrected chi connectivity index (χ4v) is 4.73. The molecular weight excluding hydrogens is 364 g/mol. The Kier molecular flexibility index (Phi) is 3.72. The van der Waals surface area contributed by atoms with E-state index in [4.69, 9.17) is 9.51 Å². The molecule has 1 aliphatic rings. The molecule has 1 saturated carbocycles. The zero-order valence-corrected chi connectivity index (χ0v) is 16.0. The molecule has 0 amide bonds. The Morgan fingerprint density at radius 1 is 1.00 bits per heavy atom. The van der Waals surface area contributed by atoms with Gasteiger partial charge >= 0.3 is 0 Å². The zero-order chi connectivity index (χ0) is 17.7. The largest absolute Gasteiger partial charge is 0.333 e. The maximum atomic E-state index is 5.45. The summed E-state index contributed by atoms with van der Waals surface area (Å²) in [7, 11) is 0. The van der Waals surface area contributed by atoms with Gasteiger partial charge in [-0.1, -0.05) is 29.4 Å². The summed E-state index contributed by atoms with van der Waals surface area (Å²) >= 11 is 3.34.